The zero-order valence-electron chi connectivity index (χ0n) is 18.2. The van der Waals surface area contributed by atoms with Crippen LogP contribution in [0.3, 0.4) is 0 Å². The Kier molecular flexibility index (Phi) is 16.7. The molecule has 0 radical (unpaired) electrons. The topological polar surface area (TPSA) is 47.9 Å². The fraction of sp³-hybridized carbons (Fsp3) is 0.957. The van der Waals surface area contributed by atoms with Crippen LogP contribution in [0, 0.1) is 0 Å². The van der Waals surface area contributed by atoms with Crippen molar-refractivity contribution in [3.63, 3.8) is 0 Å². The van der Waals surface area contributed by atoms with E-state index in [-0.39, 0.29) is 6.61 Å². The van der Waals surface area contributed by atoms with Gasteiger partial charge in [-0.15, -0.1) is 0 Å². The quantitative estimate of drug-likeness (QED) is 0.290. The van der Waals surface area contributed by atoms with Crippen LogP contribution in [0.5, 0.6) is 0 Å². The number of unbranched alkanes of at least 4 members (excludes halogenated alkanes) is 15. The highest BCUT2D eigenvalue weighted by Crippen LogP contribution is 2.13. The molecule has 0 aromatic rings. The molecule has 0 atom stereocenters. The molecular formula is C23H47N3O. The van der Waals surface area contributed by atoms with Crippen LogP contribution < -0.4 is 5.32 Å². The molecule has 1 rings (SSSR count). The van der Waals surface area contributed by atoms with Gasteiger partial charge < -0.3 is 15.3 Å². The van der Waals surface area contributed by atoms with E-state index in [0.29, 0.717) is 6.54 Å². The van der Waals surface area contributed by atoms with Crippen molar-refractivity contribution in [3.8, 4) is 0 Å². The molecule has 0 spiro atoms. The number of hydrogen-bond acceptors (Lipinski definition) is 4. The minimum Gasteiger partial charge on any atom is -0.395 e. The summed E-state index contributed by atoms with van der Waals surface area (Å²) in [5, 5.41) is 12.5. The van der Waals surface area contributed by atoms with E-state index in [2.05, 4.69) is 22.1 Å². The summed E-state index contributed by atoms with van der Waals surface area (Å²) < 4.78 is 0. The monoisotopic (exact) mass is 381 g/mol. The molecule has 4 nitrogen and oxygen atoms in total. The second kappa shape index (κ2) is 18.6. The number of aliphatic hydroxyl groups is 1. The van der Waals surface area contributed by atoms with Crippen molar-refractivity contribution in [2.24, 2.45) is 4.99 Å². The minimum atomic E-state index is 0.208. The predicted octanol–water partition coefficient (Wildman–Crippen LogP) is 5.50. The molecule has 0 aliphatic carbocycles. The number of β-amino-alcohol motifs (C(OH)–C–C–N with tert-alkyl or cyclic N) is 1. The fourth-order valence-corrected chi connectivity index (χ4v) is 3.86. The minimum absolute atomic E-state index is 0.208. The summed E-state index contributed by atoms with van der Waals surface area (Å²) in [6.07, 6.45) is 22.6. The second-order valence-electron chi connectivity index (χ2n) is 8.15. The first-order chi connectivity index (χ1) is 13.4. The van der Waals surface area contributed by atoms with Crippen LogP contribution in [0.2, 0.25) is 0 Å². The summed E-state index contributed by atoms with van der Waals surface area (Å²) in [5.41, 5.74) is 0. The molecule has 2 N–H and O–H groups in total. The third kappa shape index (κ3) is 14.0. The van der Waals surface area contributed by atoms with Crippen LogP contribution >= 0.6 is 0 Å². The van der Waals surface area contributed by atoms with Gasteiger partial charge in [0.2, 0.25) is 0 Å². The van der Waals surface area contributed by atoms with E-state index in [1.54, 1.807) is 0 Å². The van der Waals surface area contributed by atoms with E-state index < -0.39 is 0 Å². The molecule has 0 aromatic carbocycles. The van der Waals surface area contributed by atoms with Crippen LogP contribution in [-0.4, -0.2) is 48.8 Å². The van der Waals surface area contributed by atoms with E-state index in [0.717, 1.165) is 25.6 Å². The summed E-state index contributed by atoms with van der Waals surface area (Å²) in [6.45, 7) is 6.02. The maximum Gasteiger partial charge on any atom is 0.194 e. The molecule has 1 heterocycles. The highest BCUT2D eigenvalue weighted by atomic mass is 16.3. The van der Waals surface area contributed by atoms with Gasteiger partial charge >= 0.3 is 0 Å². The normalized spacial score (nSPS) is 14.0. The lowest BCUT2D eigenvalue weighted by Gasteiger charge is -2.19. The van der Waals surface area contributed by atoms with Gasteiger partial charge in [0.1, 0.15) is 0 Å². The van der Waals surface area contributed by atoms with Gasteiger partial charge in [-0.2, -0.15) is 0 Å². The Hall–Kier alpha value is -0.770. The molecule has 0 unspecified atom stereocenters. The Bertz CT molecular complexity index is 347. The van der Waals surface area contributed by atoms with Gasteiger partial charge in [-0.1, -0.05) is 103 Å². The molecule has 0 aromatic heterocycles. The number of guanidine groups is 1. The average molecular weight is 382 g/mol. The highest BCUT2D eigenvalue weighted by Gasteiger charge is 2.14. The molecule has 0 saturated carbocycles. The summed E-state index contributed by atoms with van der Waals surface area (Å²) in [5.74, 6) is 0.991. The molecule has 1 aliphatic rings. The molecule has 1 aliphatic heterocycles. The summed E-state index contributed by atoms with van der Waals surface area (Å²) in [4.78, 5) is 6.61. The molecule has 160 valence electrons. The Balaban J connectivity index is 1.73. The zero-order valence-corrected chi connectivity index (χ0v) is 18.2. The van der Waals surface area contributed by atoms with E-state index in [1.807, 2.05) is 0 Å². The van der Waals surface area contributed by atoms with E-state index in [9.17, 15) is 0 Å². The predicted molar refractivity (Wildman–Crippen MR) is 119 cm³/mol. The molecule has 0 fully saturated rings. The number of nitrogens with zero attached hydrogens (tertiary/aromatic N) is 2. The van der Waals surface area contributed by atoms with E-state index >= 15 is 0 Å². The lowest BCUT2D eigenvalue weighted by atomic mass is 10.0. The zero-order chi connectivity index (χ0) is 19.4. The third-order valence-electron chi connectivity index (χ3n) is 5.61. The van der Waals surface area contributed by atoms with Crippen LogP contribution in [-0.2, 0) is 0 Å². The van der Waals surface area contributed by atoms with Crippen molar-refractivity contribution in [1.29, 1.82) is 0 Å². The Morgan fingerprint density at radius 2 is 1.26 bits per heavy atom. The third-order valence-corrected chi connectivity index (χ3v) is 5.61. The molecule has 0 amide bonds. The van der Waals surface area contributed by atoms with Crippen molar-refractivity contribution >= 4 is 5.96 Å². The first-order valence-electron chi connectivity index (χ1n) is 12.0. The van der Waals surface area contributed by atoms with Crippen LogP contribution in [0.25, 0.3) is 0 Å². The summed E-state index contributed by atoms with van der Waals surface area (Å²) in [6, 6.07) is 0. The van der Waals surface area contributed by atoms with Crippen LogP contribution in [0.1, 0.15) is 110 Å². The van der Waals surface area contributed by atoms with Gasteiger partial charge in [0.05, 0.1) is 13.2 Å². The number of aliphatic hydroxyl groups excluding tert-OH is 1. The number of nitrogens with one attached hydrogen (secondary N) is 1. The van der Waals surface area contributed by atoms with Gasteiger partial charge in [0.25, 0.3) is 0 Å². The standard InChI is InChI=1S/C23H47N3O/c1-2-3-4-5-6-7-8-9-10-11-12-13-14-15-16-17-18-24-23-25-19-20-26(23)21-22-27/h27H,2-22H2,1H3,(H,24,25). The second-order valence-corrected chi connectivity index (χ2v) is 8.15. The van der Waals surface area contributed by atoms with Crippen molar-refractivity contribution in [2.75, 3.05) is 32.8 Å². The van der Waals surface area contributed by atoms with Gasteiger partial charge in [-0.05, 0) is 6.42 Å². The number of aliphatic imine (C=N–C) groups is 1. The molecule has 27 heavy (non-hydrogen) atoms. The summed E-state index contributed by atoms with van der Waals surface area (Å²) >= 11 is 0. The molecule has 0 bridgehead atoms. The van der Waals surface area contributed by atoms with Crippen molar-refractivity contribution < 1.29 is 5.11 Å². The Morgan fingerprint density at radius 1 is 0.778 bits per heavy atom. The fourth-order valence-electron chi connectivity index (χ4n) is 3.86. The van der Waals surface area contributed by atoms with Gasteiger partial charge in [0.15, 0.2) is 5.96 Å². The van der Waals surface area contributed by atoms with E-state index in [1.165, 1.54) is 103 Å². The van der Waals surface area contributed by atoms with Crippen molar-refractivity contribution in [2.45, 2.75) is 110 Å². The van der Waals surface area contributed by atoms with Crippen LogP contribution in [0.15, 0.2) is 4.99 Å². The first kappa shape index (κ1) is 24.3. The smallest absolute Gasteiger partial charge is 0.194 e. The Labute approximate surface area is 169 Å². The number of hydrogen-bond donors (Lipinski definition) is 2. The van der Waals surface area contributed by atoms with E-state index in [4.69, 9.17) is 5.11 Å². The summed E-state index contributed by atoms with van der Waals surface area (Å²) in [7, 11) is 0. The average Bonchev–Trinajstić information content (AvgIpc) is 3.11. The Morgan fingerprint density at radius 3 is 1.74 bits per heavy atom. The maximum absolute atomic E-state index is 9.04. The lowest BCUT2D eigenvalue weighted by Crippen LogP contribution is -2.40. The van der Waals surface area contributed by atoms with Gasteiger partial charge in [-0.3, -0.25) is 4.99 Å². The van der Waals surface area contributed by atoms with Gasteiger partial charge in [-0.25, -0.2) is 0 Å². The SMILES string of the molecule is CCCCCCCCCCCCCCCCCCNC1=NCCN1CCO. The molecular weight excluding hydrogens is 334 g/mol. The largest absolute Gasteiger partial charge is 0.395 e. The molecule has 4 heteroatoms. The van der Waals surface area contributed by atoms with Crippen molar-refractivity contribution in [3.05, 3.63) is 0 Å². The highest BCUT2D eigenvalue weighted by molar-refractivity contribution is 5.81. The van der Waals surface area contributed by atoms with Crippen molar-refractivity contribution in [1.82, 2.24) is 10.2 Å². The van der Waals surface area contributed by atoms with Gasteiger partial charge in [0, 0.05) is 19.6 Å². The van der Waals surface area contributed by atoms with Crippen LogP contribution in [0.4, 0.5) is 0 Å². The maximum atomic E-state index is 9.04. The first-order valence-corrected chi connectivity index (χ1v) is 12.0. The lowest BCUT2D eigenvalue weighted by molar-refractivity contribution is 0.254. The number of rotatable bonds is 19. The molecule has 0 saturated heterocycles.